The van der Waals surface area contributed by atoms with Gasteiger partial charge in [0.2, 0.25) is 0 Å². The summed E-state index contributed by atoms with van der Waals surface area (Å²) in [6, 6.07) is 8.61. The number of aromatic nitrogens is 1. The Morgan fingerprint density at radius 1 is 1.22 bits per heavy atom. The van der Waals surface area contributed by atoms with Gasteiger partial charge in [-0.25, -0.2) is 0 Å². The normalized spacial score (nSPS) is 11.1. The molecule has 2 aromatic rings. The van der Waals surface area contributed by atoms with Crippen molar-refractivity contribution in [2.45, 2.75) is 40.2 Å². The van der Waals surface area contributed by atoms with Gasteiger partial charge in [0.05, 0.1) is 5.52 Å². The Hall–Kier alpha value is -1.41. The van der Waals surface area contributed by atoms with Crippen molar-refractivity contribution in [1.82, 2.24) is 10.3 Å². The van der Waals surface area contributed by atoms with Gasteiger partial charge in [-0.3, -0.25) is 4.98 Å². The SMILES string of the molecule is CCCCNCc1cc(C)nc2c(C)cccc12. The Kier molecular flexibility index (Phi) is 4.32. The van der Waals surface area contributed by atoms with E-state index in [2.05, 4.69) is 55.3 Å². The molecule has 0 amide bonds. The molecular weight excluding hydrogens is 220 g/mol. The molecule has 0 aliphatic rings. The summed E-state index contributed by atoms with van der Waals surface area (Å²) in [5.74, 6) is 0. The number of benzene rings is 1. The molecule has 0 fully saturated rings. The molecule has 0 saturated carbocycles. The van der Waals surface area contributed by atoms with Gasteiger partial charge in [0.25, 0.3) is 0 Å². The highest BCUT2D eigenvalue weighted by molar-refractivity contribution is 5.85. The summed E-state index contributed by atoms with van der Waals surface area (Å²) in [5, 5.41) is 4.80. The lowest BCUT2D eigenvalue weighted by molar-refractivity contribution is 0.643. The highest BCUT2D eigenvalue weighted by atomic mass is 14.8. The fourth-order valence-electron chi connectivity index (χ4n) is 2.28. The summed E-state index contributed by atoms with van der Waals surface area (Å²) in [5.41, 5.74) is 4.86. The minimum atomic E-state index is 0.934. The van der Waals surface area contributed by atoms with Gasteiger partial charge in [-0.05, 0) is 44.0 Å². The zero-order valence-electron chi connectivity index (χ0n) is 11.6. The fraction of sp³-hybridized carbons (Fsp3) is 0.438. The Labute approximate surface area is 109 Å². The number of fused-ring (bicyclic) bond motifs is 1. The van der Waals surface area contributed by atoms with Crippen molar-refractivity contribution in [3.05, 3.63) is 41.1 Å². The average Bonchev–Trinajstić information content (AvgIpc) is 2.36. The van der Waals surface area contributed by atoms with E-state index < -0.39 is 0 Å². The van der Waals surface area contributed by atoms with E-state index in [1.807, 2.05) is 0 Å². The third kappa shape index (κ3) is 2.88. The second kappa shape index (κ2) is 5.96. The van der Waals surface area contributed by atoms with Crippen LogP contribution < -0.4 is 5.32 Å². The molecule has 0 aliphatic heterocycles. The zero-order valence-corrected chi connectivity index (χ0v) is 11.6. The van der Waals surface area contributed by atoms with Gasteiger partial charge in [-0.2, -0.15) is 0 Å². The summed E-state index contributed by atoms with van der Waals surface area (Å²) < 4.78 is 0. The quantitative estimate of drug-likeness (QED) is 0.808. The van der Waals surface area contributed by atoms with Crippen LogP contribution in [-0.4, -0.2) is 11.5 Å². The molecule has 0 bridgehead atoms. The molecule has 0 aliphatic carbocycles. The Bertz CT molecular complexity index is 532. The standard InChI is InChI=1S/C16H22N2/c1-4-5-9-17-11-14-10-13(3)18-16-12(2)7-6-8-15(14)16/h6-8,10,17H,4-5,9,11H2,1-3H3. The molecule has 1 aromatic carbocycles. The molecule has 1 heterocycles. The molecule has 0 saturated heterocycles. The summed E-state index contributed by atoms with van der Waals surface area (Å²) in [4.78, 5) is 4.65. The minimum absolute atomic E-state index is 0.934. The van der Waals surface area contributed by atoms with Crippen molar-refractivity contribution in [2.24, 2.45) is 0 Å². The number of nitrogens with one attached hydrogen (secondary N) is 1. The van der Waals surface area contributed by atoms with Gasteiger partial charge in [-0.15, -0.1) is 0 Å². The Morgan fingerprint density at radius 2 is 2.06 bits per heavy atom. The first kappa shape index (κ1) is 13.0. The van der Waals surface area contributed by atoms with Crippen LogP contribution in [0.5, 0.6) is 0 Å². The molecule has 1 N–H and O–H groups in total. The van der Waals surface area contributed by atoms with Crippen molar-refractivity contribution in [2.75, 3.05) is 6.54 Å². The van der Waals surface area contributed by atoms with Crippen LogP contribution >= 0.6 is 0 Å². The molecule has 2 nitrogen and oxygen atoms in total. The van der Waals surface area contributed by atoms with Crippen LogP contribution in [0.1, 0.15) is 36.6 Å². The molecule has 0 spiro atoms. The summed E-state index contributed by atoms with van der Waals surface area (Å²) in [7, 11) is 0. The molecule has 1 aromatic heterocycles. The number of pyridine rings is 1. The number of hydrogen-bond acceptors (Lipinski definition) is 2. The van der Waals surface area contributed by atoms with E-state index in [9.17, 15) is 0 Å². The van der Waals surface area contributed by atoms with Crippen LogP contribution in [0.15, 0.2) is 24.3 Å². The molecule has 0 atom stereocenters. The number of rotatable bonds is 5. The van der Waals surface area contributed by atoms with Gasteiger partial charge in [0.1, 0.15) is 0 Å². The monoisotopic (exact) mass is 242 g/mol. The molecule has 18 heavy (non-hydrogen) atoms. The smallest absolute Gasteiger partial charge is 0.0737 e. The maximum Gasteiger partial charge on any atom is 0.0737 e. The molecule has 0 unspecified atom stereocenters. The summed E-state index contributed by atoms with van der Waals surface area (Å²) in [6.07, 6.45) is 2.48. The van der Waals surface area contributed by atoms with E-state index in [4.69, 9.17) is 0 Å². The zero-order chi connectivity index (χ0) is 13.0. The van der Waals surface area contributed by atoms with Crippen LogP contribution in [-0.2, 0) is 6.54 Å². The van der Waals surface area contributed by atoms with Crippen molar-refractivity contribution in [3.63, 3.8) is 0 Å². The highest BCUT2D eigenvalue weighted by Gasteiger charge is 2.05. The Balaban J connectivity index is 2.29. The molecular formula is C16H22N2. The largest absolute Gasteiger partial charge is 0.313 e. The van der Waals surface area contributed by atoms with Gasteiger partial charge < -0.3 is 5.32 Å². The predicted octanol–water partition coefficient (Wildman–Crippen LogP) is 3.74. The lowest BCUT2D eigenvalue weighted by Gasteiger charge is -2.10. The van der Waals surface area contributed by atoms with Gasteiger partial charge >= 0.3 is 0 Å². The van der Waals surface area contributed by atoms with Crippen LogP contribution in [0.3, 0.4) is 0 Å². The van der Waals surface area contributed by atoms with E-state index in [1.54, 1.807) is 0 Å². The average molecular weight is 242 g/mol. The van der Waals surface area contributed by atoms with Crippen LogP contribution in [0, 0.1) is 13.8 Å². The first-order chi connectivity index (χ1) is 8.72. The van der Waals surface area contributed by atoms with E-state index >= 15 is 0 Å². The maximum atomic E-state index is 4.65. The fourth-order valence-corrected chi connectivity index (χ4v) is 2.28. The van der Waals surface area contributed by atoms with Gasteiger partial charge in [0.15, 0.2) is 0 Å². The van der Waals surface area contributed by atoms with Crippen LogP contribution in [0.2, 0.25) is 0 Å². The summed E-state index contributed by atoms with van der Waals surface area (Å²) in [6.45, 7) is 8.44. The second-order valence-electron chi connectivity index (χ2n) is 4.92. The maximum absolute atomic E-state index is 4.65. The topological polar surface area (TPSA) is 24.9 Å². The van der Waals surface area contributed by atoms with Crippen molar-refractivity contribution in [3.8, 4) is 0 Å². The number of aryl methyl sites for hydroxylation is 2. The molecule has 2 rings (SSSR count). The predicted molar refractivity (Wildman–Crippen MR) is 77.8 cm³/mol. The van der Waals surface area contributed by atoms with E-state index in [1.165, 1.54) is 29.4 Å². The van der Waals surface area contributed by atoms with Crippen molar-refractivity contribution >= 4 is 10.9 Å². The van der Waals surface area contributed by atoms with Gasteiger partial charge in [0, 0.05) is 17.6 Å². The number of para-hydroxylation sites is 1. The number of nitrogens with zero attached hydrogens (tertiary/aromatic N) is 1. The number of hydrogen-bond donors (Lipinski definition) is 1. The summed E-state index contributed by atoms with van der Waals surface area (Å²) >= 11 is 0. The second-order valence-corrected chi connectivity index (χ2v) is 4.92. The minimum Gasteiger partial charge on any atom is -0.313 e. The van der Waals surface area contributed by atoms with E-state index in [0.717, 1.165) is 24.3 Å². The third-order valence-electron chi connectivity index (χ3n) is 3.28. The van der Waals surface area contributed by atoms with Crippen molar-refractivity contribution in [1.29, 1.82) is 0 Å². The highest BCUT2D eigenvalue weighted by Crippen LogP contribution is 2.21. The third-order valence-corrected chi connectivity index (χ3v) is 3.28. The van der Waals surface area contributed by atoms with Gasteiger partial charge in [-0.1, -0.05) is 31.5 Å². The molecule has 2 heteroatoms. The first-order valence-corrected chi connectivity index (χ1v) is 6.79. The number of unbranched alkanes of at least 4 members (excludes halogenated alkanes) is 1. The molecule has 96 valence electrons. The van der Waals surface area contributed by atoms with E-state index in [0.29, 0.717) is 0 Å². The van der Waals surface area contributed by atoms with Crippen LogP contribution in [0.25, 0.3) is 10.9 Å². The lowest BCUT2D eigenvalue weighted by Crippen LogP contribution is -2.15. The first-order valence-electron chi connectivity index (χ1n) is 6.79. The van der Waals surface area contributed by atoms with E-state index in [-0.39, 0.29) is 0 Å². The van der Waals surface area contributed by atoms with Crippen molar-refractivity contribution < 1.29 is 0 Å². The molecule has 0 radical (unpaired) electrons. The Morgan fingerprint density at radius 3 is 2.83 bits per heavy atom. The van der Waals surface area contributed by atoms with Crippen LogP contribution in [0.4, 0.5) is 0 Å². The lowest BCUT2D eigenvalue weighted by atomic mass is 10.0.